The zero-order valence-electron chi connectivity index (χ0n) is 13.8. The van der Waals surface area contributed by atoms with E-state index in [1.165, 1.54) is 4.68 Å². The number of hydrogen-bond acceptors (Lipinski definition) is 6. The summed E-state index contributed by atoms with van der Waals surface area (Å²) in [7, 11) is 1.63. The Morgan fingerprint density at radius 1 is 1.00 bits per heavy atom. The normalized spacial score (nSPS) is 12.5. The van der Waals surface area contributed by atoms with E-state index in [4.69, 9.17) is 0 Å². The Morgan fingerprint density at radius 3 is 2.38 bits per heavy atom. The predicted octanol–water partition coefficient (Wildman–Crippen LogP) is 1.17. The number of nitrogens with one attached hydrogen (secondary N) is 1. The number of fused-ring (bicyclic) bond motifs is 2. The quantitative estimate of drug-likeness (QED) is 0.596. The molecule has 0 bridgehead atoms. The van der Waals surface area contributed by atoms with Crippen molar-refractivity contribution >= 4 is 23.2 Å². The molecule has 3 aromatic rings. The lowest BCUT2D eigenvalue weighted by molar-refractivity contribution is -0.115. The van der Waals surface area contributed by atoms with Gasteiger partial charge in [0, 0.05) is 23.7 Å². The Morgan fingerprint density at radius 2 is 1.69 bits per heavy atom. The van der Waals surface area contributed by atoms with Gasteiger partial charge in [0.05, 0.1) is 17.7 Å². The van der Waals surface area contributed by atoms with Crippen LogP contribution in [0.2, 0.25) is 0 Å². The standard InChI is InChI=1S/C18H13N5O3/c1-23-14(20-21-22-23)9-15(24)19-13-8-4-7-12-16(13)18(26)11-6-3-2-5-10(11)17(12)25/h2-8H,9H2,1H3,(H,19,24). The second kappa shape index (κ2) is 5.99. The van der Waals surface area contributed by atoms with Crippen LogP contribution in [0.25, 0.3) is 0 Å². The molecule has 0 fully saturated rings. The van der Waals surface area contributed by atoms with Gasteiger partial charge in [0.25, 0.3) is 0 Å². The number of tetrazole rings is 1. The third-order valence-corrected chi connectivity index (χ3v) is 4.25. The van der Waals surface area contributed by atoms with Gasteiger partial charge in [0.2, 0.25) is 5.91 Å². The molecule has 0 saturated heterocycles. The summed E-state index contributed by atoms with van der Waals surface area (Å²) < 4.78 is 1.39. The molecule has 0 spiro atoms. The summed E-state index contributed by atoms with van der Waals surface area (Å²) in [4.78, 5) is 37.9. The molecule has 128 valence electrons. The number of anilines is 1. The highest BCUT2D eigenvalue weighted by atomic mass is 16.2. The van der Waals surface area contributed by atoms with Crippen LogP contribution in [0.5, 0.6) is 0 Å². The van der Waals surface area contributed by atoms with Crippen LogP contribution < -0.4 is 5.32 Å². The number of aromatic nitrogens is 4. The first-order valence-corrected chi connectivity index (χ1v) is 7.89. The highest BCUT2D eigenvalue weighted by Crippen LogP contribution is 2.31. The number of carbonyl (C=O) groups is 3. The Labute approximate surface area is 147 Å². The van der Waals surface area contributed by atoms with Crippen LogP contribution in [0.3, 0.4) is 0 Å². The molecule has 1 N–H and O–H groups in total. The van der Waals surface area contributed by atoms with Crippen LogP contribution in [-0.2, 0) is 18.3 Å². The highest BCUT2D eigenvalue weighted by Gasteiger charge is 2.31. The van der Waals surface area contributed by atoms with E-state index in [-0.39, 0.29) is 35.0 Å². The monoisotopic (exact) mass is 347 g/mol. The number of amides is 1. The molecule has 4 rings (SSSR count). The van der Waals surface area contributed by atoms with Crippen molar-refractivity contribution in [3.8, 4) is 0 Å². The number of benzene rings is 2. The third kappa shape index (κ3) is 2.48. The molecule has 0 saturated carbocycles. The molecule has 8 heteroatoms. The fourth-order valence-electron chi connectivity index (χ4n) is 2.98. The number of ketones is 2. The van der Waals surface area contributed by atoms with Crippen molar-refractivity contribution in [3.63, 3.8) is 0 Å². The van der Waals surface area contributed by atoms with Gasteiger partial charge in [-0.1, -0.05) is 36.4 Å². The summed E-state index contributed by atoms with van der Waals surface area (Å²) in [5, 5.41) is 13.6. The fraction of sp³-hybridized carbons (Fsp3) is 0.111. The molecule has 0 aliphatic heterocycles. The van der Waals surface area contributed by atoms with Crippen molar-refractivity contribution in [2.45, 2.75) is 6.42 Å². The van der Waals surface area contributed by atoms with Crippen molar-refractivity contribution in [1.82, 2.24) is 20.2 Å². The number of carbonyl (C=O) groups excluding carboxylic acids is 3. The summed E-state index contributed by atoms with van der Waals surface area (Å²) in [6.07, 6.45) is -0.0497. The zero-order valence-corrected chi connectivity index (χ0v) is 13.8. The minimum absolute atomic E-state index is 0.0497. The van der Waals surface area contributed by atoms with Crippen molar-refractivity contribution < 1.29 is 14.4 Å². The summed E-state index contributed by atoms with van der Waals surface area (Å²) in [5.41, 5.74) is 1.51. The fourth-order valence-corrected chi connectivity index (χ4v) is 2.98. The van der Waals surface area contributed by atoms with Gasteiger partial charge in [-0.15, -0.1) is 5.10 Å². The molecule has 8 nitrogen and oxygen atoms in total. The Kier molecular flexibility index (Phi) is 3.65. The van der Waals surface area contributed by atoms with E-state index < -0.39 is 0 Å². The van der Waals surface area contributed by atoms with E-state index in [2.05, 4.69) is 20.8 Å². The van der Waals surface area contributed by atoms with Gasteiger partial charge in [-0.3, -0.25) is 14.4 Å². The Bertz CT molecular complexity index is 1070. The molecule has 1 aliphatic rings. The minimum atomic E-state index is -0.379. The lowest BCUT2D eigenvalue weighted by Crippen LogP contribution is -2.24. The zero-order chi connectivity index (χ0) is 18.3. The second-order valence-electron chi connectivity index (χ2n) is 5.88. The number of rotatable bonds is 3. The minimum Gasteiger partial charge on any atom is -0.325 e. The van der Waals surface area contributed by atoms with Crippen LogP contribution >= 0.6 is 0 Å². The lowest BCUT2D eigenvalue weighted by atomic mass is 9.83. The molecule has 2 aromatic carbocycles. The van der Waals surface area contributed by atoms with E-state index in [1.54, 1.807) is 49.5 Å². The maximum absolute atomic E-state index is 12.9. The van der Waals surface area contributed by atoms with Crippen molar-refractivity contribution in [2.75, 3.05) is 5.32 Å². The van der Waals surface area contributed by atoms with E-state index in [1.807, 2.05) is 0 Å². The molecule has 1 heterocycles. The summed E-state index contributed by atoms with van der Waals surface area (Å²) in [6, 6.07) is 11.5. The molecule has 1 aromatic heterocycles. The Balaban J connectivity index is 1.69. The largest absolute Gasteiger partial charge is 0.325 e. The van der Waals surface area contributed by atoms with E-state index >= 15 is 0 Å². The molecule has 0 unspecified atom stereocenters. The Hall–Kier alpha value is -3.68. The smallest absolute Gasteiger partial charge is 0.232 e. The van der Waals surface area contributed by atoms with E-state index in [0.717, 1.165) is 0 Å². The third-order valence-electron chi connectivity index (χ3n) is 4.25. The van der Waals surface area contributed by atoms with Gasteiger partial charge in [0.1, 0.15) is 0 Å². The molecule has 1 amide bonds. The van der Waals surface area contributed by atoms with Crippen LogP contribution in [0.15, 0.2) is 42.5 Å². The van der Waals surface area contributed by atoms with Crippen LogP contribution in [0, 0.1) is 0 Å². The first-order chi connectivity index (χ1) is 12.6. The number of aryl methyl sites for hydroxylation is 1. The SMILES string of the molecule is Cn1nnnc1CC(=O)Nc1cccc2c1C(=O)c1ccccc1C2=O. The van der Waals surface area contributed by atoms with Crippen LogP contribution in [0.4, 0.5) is 5.69 Å². The number of hydrogen-bond donors (Lipinski definition) is 1. The molecule has 26 heavy (non-hydrogen) atoms. The summed E-state index contributed by atoms with van der Waals surface area (Å²) in [6.45, 7) is 0. The van der Waals surface area contributed by atoms with Gasteiger partial charge in [-0.05, 0) is 16.5 Å². The first kappa shape index (κ1) is 15.8. The summed E-state index contributed by atoms with van der Waals surface area (Å²) >= 11 is 0. The summed E-state index contributed by atoms with van der Waals surface area (Å²) in [5.74, 6) is -0.509. The van der Waals surface area contributed by atoms with E-state index in [9.17, 15) is 14.4 Å². The predicted molar refractivity (Wildman–Crippen MR) is 90.9 cm³/mol. The average molecular weight is 347 g/mol. The van der Waals surface area contributed by atoms with Gasteiger partial charge < -0.3 is 5.32 Å². The topological polar surface area (TPSA) is 107 Å². The van der Waals surface area contributed by atoms with Crippen molar-refractivity contribution in [2.24, 2.45) is 7.05 Å². The van der Waals surface area contributed by atoms with Gasteiger partial charge in [-0.25, -0.2) is 4.68 Å². The second-order valence-corrected chi connectivity index (χ2v) is 5.88. The van der Waals surface area contributed by atoms with Gasteiger partial charge in [-0.2, -0.15) is 0 Å². The van der Waals surface area contributed by atoms with Crippen LogP contribution in [-0.4, -0.2) is 37.7 Å². The lowest BCUT2D eigenvalue weighted by Gasteiger charge is -2.20. The molecule has 0 radical (unpaired) electrons. The molecular weight excluding hydrogens is 334 g/mol. The van der Waals surface area contributed by atoms with Gasteiger partial charge in [0.15, 0.2) is 17.4 Å². The van der Waals surface area contributed by atoms with Crippen molar-refractivity contribution in [1.29, 1.82) is 0 Å². The van der Waals surface area contributed by atoms with Crippen LogP contribution in [0.1, 0.15) is 37.7 Å². The van der Waals surface area contributed by atoms with Gasteiger partial charge >= 0.3 is 0 Å². The molecule has 0 atom stereocenters. The maximum atomic E-state index is 12.9. The molecule has 1 aliphatic carbocycles. The number of nitrogens with zero attached hydrogens (tertiary/aromatic N) is 4. The molecular formula is C18H13N5O3. The maximum Gasteiger partial charge on any atom is 0.232 e. The van der Waals surface area contributed by atoms with E-state index in [0.29, 0.717) is 22.6 Å². The average Bonchev–Trinajstić information content (AvgIpc) is 3.04. The highest BCUT2D eigenvalue weighted by molar-refractivity contribution is 6.30. The van der Waals surface area contributed by atoms with Crippen molar-refractivity contribution in [3.05, 3.63) is 70.5 Å². The first-order valence-electron chi connectivity index (χ1n) is 7.89.